The summed E-state index contributed by atoms with van der Waals surface area (Å²) in [6.45, 7) is 7.08. The van der Waals surface area contributed by atoms with Gasteiger partial charge in [-0.15, -0.1) is 0 Å². The van der Waals surface area contributed by atoms with Gasteiger partial charge in [-0.05, 0) is 38.0 Å². The van der Waals surface area contributed by atoms with Crippen LogP contribution in [-0.4, -0.2) is 24.1 Å². The van der Waals surface area contributed by atoms with Crippen LogP contribution in [0.25, 0.3) is 0 Å². The van der Waals surface area contributed by atoms with Gasteiger partial charge in [0, 0.05) is 11.3 Å². The number of unbranched alkanes of at least 4 members (excludes halogenated alkanes) is 1. The van der Waals surface area contributed by atoms with E-state index in [1.54, 1.807) is 0 Å². The first-order valence-corrected chi connectivity index (χ1v) is 7.74. The largest absolute Gasteiger partial charge is 0.315 e. The molecule has 0 aromatic carbocycles. The highest BCUT2D eigenvalue weighted by Gasteiger charge is 2.41. The van der Waals surface area contributed by atoms with Crippen LogP contribution < -0.4 is 5.32 Å². The lowest BCUT2D eigenvalue weighted by Crippen LogP contribution is -2.30. The van der Waals surface area contributed by atoms with Crippen molar-refractivity contribution in [3.05, 3.63) is 0 Å². The lowest BCUT2D eigenvalue weighted by molar-refractivity contribution is 0.419. The molecule has 1 aliphatic carbocycles. The summed E-state index contributed by atoms with van der Waals surface area (Å²) in [5.74, 6) is 0.905. The van der Waals surface area contributed by atoms with Gasteiger partial charge >= 0.3 is 0 Å². The van der Waals surface area contributed by atoms with Crippen LogP contribution in [0.2, 0.25) is 0 Å². The van der Waals surface area contributed by atoms with E-state index in [2.05, 4.69) is 37.2 Å². The van der Waals surface area contributed by atoms with E-state index in [0.29, 0.717) is 4.75 Å². The number of hydrogen-bond acceptors (Lipinski definition) is 2. The molecule has 0 bridgehead atoms. The molecule has 1 unspecified atom stereocenters. The second-order valence-corrected chi connectivity index (χ2v) is 6.21. The third kappa shape index (κ3) is 4.78. The maximum absolute atomic E-state index is 3.68. The molecule has 1 saturated carbocycles. The molecule has 1 aliphatic rings. The van der Waals surface area contributed by atoms with E-state index in [-0.39, 0.29) is 0 Å². The van der Waals surface area contributed by atoms with Gasteiger partial charge in [0.1, 0.15) is 0 Å². The van der Waals surface area contributed by atoms with E-state index in [0.717, 1.165) is 5.92 Å². The van der Waals surface area contributed by atoms with E-state index in [4.69, 9.17) is 0 Å². The molecule has 1 nitrogen and oxygen atoms in total. The van der Waals surface area contributed by atoms with Crippen LogP contribution in [-0.2, 0) is 0 Å². The molecule has 0 aliphatic heterocycles. The van der Waals surface area contributed by atoms with Crippen molar-refractivity contribution in [2.45, 2.75) is 57.1 Å². The Balaban J connectivity index is 2.06. The molecule has 0 aromatic rings. The predicted molar refractivity (Wildman–Crippen MR) is 71.7 cm³/mol. The maximum Gasteiger partial charge on any atom is 0.0282 e. The van der Waals surface area contributed by atoms with Gasteiger partial charge in [0.25, 0.3) is 0 Å². The standard InChI is InChI=1S/C13H27NS/c1-4-6-7-12(5-2)10-14-11-13(15-3)8-9-13/h12,14H,4-11H2,1-3H3. The average molecular weight is 229 g/mol. The highest BCUT2D eigenvalue weighted by atomic mass is 32.2. The number of thioether (sulfide) groups is 1. The summed E-state index contributed by atoms with van der Waals surface area (Å²) in [4.78, 5) is 0. The second kappa shape index (κ2) is 6.80. The zero-order valence-electron chi connectivity index (χ0n) is 10.6. The monoisotopic (exact) mass is 229 g/mol. The van der Waals surface area contributed by atoms with Crippen LogP contribution in [0, 0.1) is 5.92 Å². The molecule has 15 heavy (non-hydrogen) atoms. The Hall–Kier alpha value is 0.310. The fraction of sp³-hybridized carbons (Fsp3) is 1.00. The molecule has 0 heterocycles. The first-order valence-electron chi connectivity index (χ1n) is 6.52. The molecular weight excluding hydrogens is 202 g/mol. The summed E-state index contributed by atoms with van der Waals surface area (Å²) in [7, 11) is 0. The van der Waals surface area contributed by atoms with Gasteiger partial charge < -0.3 is 5.32 Å². The van der Waals surface area contributed by atoms with Crippen LogP contribution in [0.15, 0.2) is 0 Å². The van der Waals surface area contributed by atoms with Gasteiger partial charge in [-0.1, -0.05) is 33.1 Å². The quantitative estimate of drug-likeness (QED) is 0.647. The minimum absolute atomic E-state index is 0.628. The van der Waals surface area contributed by atoms with E-state index < -0.39 is 0 Å². The average Bonchev–Trinajstić information content (AvgIpc) is 3.04. The number of hydrogen-bond donors (Lipinski definition) is 1. The minimum Gasteiger partial charge on any atom is -0.315 e. The smallest absolute Gasteiger partial charge is 0.0282 e. The third-order valence-corrected chi connectivity index (χ3v) is 5.08. The van der Waals surface area contributed by atoms with Crippen molar-refractivity contribution in [2.24, 2.45) is 5.92 Å². The van der Waals surface area contributed by atoms with Crippen molar-refractivity contribution in [2.75, 3.05) is 19.3 Å². The second-order valence-electron chi connectivity index (χ2n) is 4.93. The highest BCUT2D eigenvalue weighted by Crippen LogP contribution is 2.46. The van der Waals surface area contributed by atoms with Gasteiger partial charge in [0.2, 0.25) is 0 Å². The Kier molecular flexibility index (Phi) is 6.06. The zero-order valence-corrected chi connectivity index (χ0v) is 11.5. The summed E-state index contributed by atoms with van der Waals surface area (Å²) in [5, 5.41) is 3.68. The van der Waals surface area contributed by atoms with Crippen LogP contribution >= 0.6 is 11.8 Å². The maximum atomic E-state index is 3.68. The van der Waals surface area contributed by atoms with E-state index in [1.165, 1.54) is 51.6 Å². The van der Waals surface area contributed by atoms with Gasteiger partial charge in [0.05, 0.1) is 0 Å². The molecule has 1 atom stereocenters. The van der Waals surface area contributed by atoms with Crippen LogP contribution in [0.5, 0.6) is 0 Å². The normalized spacial score (nSPS) is 20.2. The number of nitrogens with one attached hydrogen (secondary N) is 1. The number of rotatable bonds is 9. The highest BCUT2D eigenvalue weighted by molar-refractivity contribution is 8.00. The van der Waals surface area contributed by atoms with Crippen molar-refractivity contribution in [1.29, 1.82) is 0 Å². The predicted octanol–water partition coefficient (Wildman–Crippen LogP) is 3.69. The van der Waals surface area contributed by atoms with Gasteiger partial charge in [-0.2, -0.15) is 11.8 Å². The fourth-order valence-electron chi connectivity index (χ4n) is 2.04. The summed E-state index contributed by atoms with van der Waals surface area (Å²) in [6, 6.07) is 0. The van der Waals surface area contributed by atoms with Crippen molar-refractivity contribution in [1.82, 2.24) is 5.32 Å². The molecule has 90 valence electrons. The van der Waals surface area contributed by atoms with Crippen molar-refractivity contribution in [3.63, 3.8) is 0 Å². The first-order chi connectivity index (χ1) is 7.26. The molecular formula is C13H27NS. The molecule has 0 aromatic heterocycles. The fourth-order valence-corrected chi connectivity index (χ4v) is 2.80. The summed E-state index contributed by atoms with van der Waals surface area (Å²) >= 11 is 2.05. The summed E-state index contributed by atoms with van der Waals surface area (Å²) in [6.07, 6.45) is 10.6. The molecule has 0 amide bonds. The Morgan fingerprint density at radius 3 is 2.53 bits per heavy atom. The van der Waals surface area contributed by atoms with Crippen molar-refractivity contribution >= 4 is 11.8 Å². The summed E-state index contributed by atoms with van der Waals surface area (Å²) < 4.78 is 0.628. The molecule has 0 spiro atoms. The van der Waals surface area contributed by atoms with Crippen LogP contribution in [0.4, 0.5) is 0 Å². The van der Waals surface area contributed by atoms with Crippen molar-refractivity contribution < 1.29 is 0 Å². The van der Waals surface area contributed by atoms with E-state index >= 15 is 0 Å². The molecule has 1 fully saturated rings. The first kappa shape index (κ1) is 13.4. The Morgan fingerprint density at radius 1 is 1.33 bits per heavy atom. The Bertz CT molecular complexity index is 166. The minimum atomic E-state index is 0.628. The summed E-state index contributed by atoms with van der Waals surface area (Å²) in [5.41, 5.74) is 0. The molecule has 0 saturated heterocycles. The molecule has 2 heteroatoms. The van der Waals surface area contributed by atoms with Crippen molar-refractivity contribution in [3.8, 4) is 0 Å². The Labute approximate surface area is 99.8 Å². The topological polar surface area (TPSA) is 12.0 Å². The third-order valence-electron chi connectivity index (χ3n) is 3.66. The Morgan fingerprint density at radius 2 is 2.07 bits per heavy atom. The molecule has 1 N–H and O–H groups in total. The lowest BCUT2D eigenvalue weighted by Gasteiger charge is -2.18. The van der Waals surface area contributed by atoms with Gasteiger partial charge in [-0.25, -0.2) is 0 Å². The van der Waals surface area contributed by atoms with Gasteiger partial charge in [0.15, 0.2) is 0 Å². The van der Waals surface area contributed by atoms with Gasteiger partial charge in [-0.3, -0.25) is 0 Å². The van der Waals surface area contributed by atoms with E-state index in [1.807, 2.05) is 0 Å². The SMILES string of the molecule is CCCCC(CC)CNCC1(SC)CC1. The molecule has 0 radical (unpaired) electrons. The van der Waals surface area contributed by atoms with Crippen LogP contribution in [0.1, 0.15) is 52.4 Å². The van der Waals surface area contributed by atoms with Crippen LogP contribution in [0.3, 0.4) is 0 Å². The molecule has 1 rings (SSSR count). The lowest BCUT2D eigenvalue weighted by atomic mass is 9.99. The zero-order chi connectivity index (χ0) is 11.1. The van der Waals surface area contributed by atoms with E-state index in [9.17, 15) is 0 Å².